The highest BCUT2D eigenvalue weighted by Crippen LogP contribution is 2.34. The van der Waals surface area contributed by atoms with Gasteiger partial charge < -0.3 is 20.4 Å². The van der Waals surface area contributed by atoms with Crippen molar-refractivity contribution in [3.8, 4) is 0 Å². The summed E-state index contributed by atoms with van der Waals surface area (Å²) in [7, 11) is 1.83. The predicted octanol–water partition coefficient (Wildman–Crippen LogP) is 2.41. The van der Waals surface area contributed by atoms with Crippen molar-refractivity contribution in [2.45, 2.75) is 32.9 Å². The van der Waals surface area contributed by atoms with Crippen LogP contribution >= 0.6 is 0 Å². The van der Waals surface area contributed by atoms with Crippen molar-refractivity contribution >= 4 is 29.3 Å². The summed E-state index contributed by atoms with van der Waals surface area (Å²) in [5, 5.41) is 6.10. The second-order valence-electron chi connectivity index (χ2n) is 8.33. The van der Waals surface area contributed by atoms with Crippen LogP contribution in [0.1, 0.15) is 29.9 Å². The molecule has 0 radical (unpaired) electrons. The quantitative estimate of drug-likeness (QED) is 0.774. The Balaban J connectivity index is 1.45. The molecule has 1 unspecified atom stereocenters. The lowest BCUT2D eigenvalue weighted by molar-refractivity contribution is -0.118. The zero-order valence-electron chi connectivity index (χ0n) is 17.7. The number of nitrogens with zero attached hydrogens (tertiary/aromatic N) is 4. The van der Waals surface area contributed by atoms with Gasteiger partial charge in [0.05, 0.1) is 11.7 Å². The summed E-state index contributed by atoms with van der Waals surface area (Å²) in [5.41, 5.74) is 1.21. The molecule has 31 heavy (non-hydrogen) atoms. The number of hydrogen-bond acceptors (Lipinski definition) is 6. The minimum Gasteiger partial charge on any atom is -0.348 e. The predicted molar refractivity (Wildman–Crippen MR) is 112 cm³/mol. The van der Waals surface area contributed by atoms with Crippen LogP contribution in [0.4, 0.5) is 26.2 Å². The molecule has 0 saturated carbocycles. The van der Waals surface area contributed by atoms with E-state index in [9.17, 15) is 18.4 Å². The van der Waals surface area contributed by atoms with Gasteiger partial charge in [-0.3, -0.25) is 9.59 Å². The molecule has 0 spiro atoms. The van der Waals surface area contributed by atoms with Gasteiger partial charge in [0.15, 0.2) is 5.82 Å². The Labute approximate surface area is 178 Å². The number of rotatable bonds is 4. The minimum atomic E-state index is -0.785. The molecule has 1 atom stereocenters. The maximum atomic E-state index is 13.4. The molecular weight excluding hydrogens is 406 g/mol. The van der Waals surface area contributed by atoms with Crippen LogP contribution in [0.3, 0.4) is 0 Å². The van der Waals surface area contributed by atoms with Crippen molar-refractivity contribution in [1.29, 1.82) is 0 Å². The lowest BCUT2D eigenvalue weighted by Crippen LogP contribution is -2.57. The second kappa shape index (κ2) is 7.75. The molecule has 0 bridgehead atoms. The highest BCUT2D eigenvalue weighted by Gasteiger charge is 2.36. The van der Waals surface area contributed by atoms with E-state index in [0.29, 0.717) is 36.2 Å². The summed E-state index contributed by atoms with van der Waals surface area (Å²) < 4.78 is 26.8. The number of carbonyl (C=O) groups excluding carboxylic acids is 2. The van der Waals surface area contributed by atoms with E-state index in [1.807, 2.05) is 25.8 Å². The van der Waals surface area contributed by atoms with Crippen LogP contribution in [0.2, 0.25) is 0 Å². The number of benzene rings is 1. The molecule has 2 N–H and O–H groups in total. The molecule has 0 aliphatic carbocycles. The SMILES string of the molecule is Cc1nc(NC2CN(C(=O)c3cc(F)cc(F)c3)C2)nc2c1NC(=O)C(C(C)C)N2C. The van der Waals surface area contributed by atoms with Gasteiger partial charge in [0.2, 0.25) is 11.9 Å². The molecule has 164 valence electrons. The maximum absolute atomic E-state index is 13.4. The van der Waals surface area contributed by atoms with Crippen LogP contribution < -0.4 is 15.5 Å². The van der Waals surface area contributed by atoms with E-state index in [4.69, 9.17) is 0 Å². The fraction of sp³-hybridized carbons (Fsp3) is 0.429. The molecule has 10 heteroatoms. The van der Waals surface area contributed by atoms with Crippen LogP contribution in [0.15, 0.2) is 18.2 Å². The van der Waals surface area contributed by atoms with Gasteiger partial charge in [-0.15, -0.1) is 0 Å². The molecule has 2 amide bonds. The molecule has 1 aromatic carbocycles. The lowest BCUT2D eigenvalue weighted by Gasteiger charge is -2.40. The normalized spacial score (nSPS) is 18.5. The molecule has 1 aromatic heterocycles. The topological polar surface area (TPSA) is 90.5 Å². The smallest absolute Gasteiger partial charge is 0.254 e. The maximum Gasteiger partial charge on any atom is 0.254 e. The first-order valence-corrected chi connectivity index (χ1v) is 10.1. The number of likely N-dealkylation sites (tertiary alicyclic amines) is 1. The largest absolute Gasteiger partial charge is 0.348 e. The summed E-state index contributed by atoms with van der Waals surface area (Å²) in [4.78, 5) is 37.2. The summed E-state index contributed by atoms with van der Waals surface area (Å²) in [6.07, 6.45) is 0. The Morgan fingerprint density at radius 3 is 2.45 bits per heavy atom. The van der Waals surface area contributed by atoms with Crippen molar-refractivity contribution in [3.05, 3.63) is 41.1 Å². The average molecular weight is 430 g/mol. The van der Waals surface area contributed by atoms with Crippen molar-refractivity contribution in [2.75, 3.05) is 35.7 Å². The number of likely N-dealkylation sites (N-methyl/N-ethyl adjacent to an activating group) is 1. The van der Waals surface area contributed by atoms with Gasteiger partial charge in [-0.1, -0.05) is 13.8 Å². The average Bonchev–Trinajstić information content (AvgIpc) is 2.64. The highest BCUT2D eigenvalue weighted by atomic mass is 19.1. The molecular formula is C21H24F2N6O2. The molecule has 2 aromatic rings. The summed E-state index contributed by atoms with van der Waals surface area (Å²) >= 11 is 0. The van der Waals surface area contributed by atoms with E-state index in [1.165, 1.54) is 4.90 Å². The molecule has 4 rings (SSSR count). The Kier molecular flexibility index (Phi) is 5.24. The summed E-state index contributed by atoms with van der Waals surface area (Å²) in [6, 6.07) is 2.35. The third kappa shape index (κ3) is 3.89. The fourth-order valence-corrected chi connectivity index (χ4v) is 4.06. The summed E-state index contributed by atoms with van der Waals surface area (Å²) in [6.45, 7) is 6.46. The zero-order chi connectivity index (χ0) is 22.4. The highest BCUT2D eigenvalue weighted by molar-refractivity contribution is 6.03. The number of anilines is 3. The fourth-order valence-electron chi connectivity index (χ4n) is 4.06. The zero-order valence-corrected chi connectivity index (χ0v) is 17.7. The Morgan fingerprint density at radius 2 is 1.84 bits per heavy atom. The lowest BCUT2D eigenvalue weighted by atomic mass is 9.99. The van der Waals surface area contributed by atoms with Crippen LogP contribution in [-0.2, 0) is 4.79 Å². The Hall–Kier alpha value is -3.30. The van der Waals surface area contributed by atoms with Gasteiger partial charge in [-0.2, -0.15) is 4.98 Å². The number of fused-ring (bicyclic) bond motifs is 1. The monoisotopic (exact) mass is 430 g/mol. The standard InChI is InChI=1S/C21H24F2N6O2/c1-10(2)17-19(30)26-16-11(3)24-21(27-18(16)28(17)4)25-15-8-29(9-15)20(31)12-5-13(22)7-14(23)6-12/h5-7,10,15,17H,8-9H2,1-4H3,(H,26,30)(H,24,25,27). The number of amides is 2. The van der Waals surface area contributed by atoms with Crippen LogP contribution in [0.5, 0.6) is 0 Å². The Bertz CT molecular complexity index is 1030. The number of nitrogens with one attached hydrogen (secondary N) is 2. The number of hydrogen-bond donors (Lipinski definition) is 2. The molecule has 1 fully saturated rings. The van der Waals surface area contributed by atoms with Gasteiger partial charge >= 0.3 is 0 Å². The molecule has 2 aliphatic rings. The van der Waals surface area contributed by atoms with E-state index in [-0.39, 0.29) is 29.5 Å². The van der Waals surface area contributed by atoms with E-state index in [0.717, 1.165) is 18.2 Å². The van der Waals surface area contributed by atoms with Gasteiger partial charge in [0, 0.05) is 31.8 Å². The molecule has 3 heterocycles. The number of aryl methyl sites for hydroxylation is 1. The van der Waals surface area contributed by atoms with Gasteiger partial charge in [-0.25, -0.2) is 13.8 Å². The minimum absolute atomic E-state index is 0.0195. The first kappa shape index (κ1) is 21.0. The van der Waals surface area contributed by atoms with E-state index in [1.54, 1.807) is 6.92 Å². The van der Waals surface area contributed by atoms with Gasteiger partial charge in [0.1, 0.15) is 23.4 Å². The van der Waals surface area contributed by atoms with Crippen molar-refractivity contribution in [3.63, 3.8) is 0 Å². The van der Waals surface area contributed by atoms with E-state index < -0.39 is 17.5 Å². The van der Waals surface area contributed by atoms with Crippen LogP contribution in [0.25, 0.3) is 0 Å². The molecule has 2 aliphatic heterocycles. The number of carbonyl (C=O) groups is 2. The van der Waals surface area contributed by atoms with Crippen molar-refractivity contribution in [1.82, 2.24) is 14.9 Å². The van der Waals surface area contributed by atoms with Gasteiger partial charge in [-0.05, 0) is 25.0 Å². The van der Waals surface area contributed by atoms with Crippen LogP contribution in [-0.4, -0.2) is 58.9 Å². The third-order valence-corrected chi connectivity index (χ3v) is 5.58. The van der Waals surface area contributed by atoms with E-state index >= 15 is 0 Å². The van der Waals surface area contributed by atoms with Crippen LogP contribution in [0, 0.1) is 24.5 Å². The van der Waals surface area contributed by atoms with E-state index in [2.05, 4.69) is 20.6 Å². The molecule has 8 nitrogen and oxygen atoms in total. The first-order chi connectivity index (χ1) is 14.6. The first-order valence-electron chi connectivity index (χ1n) is 10.1. The van der Waals surface area contributed by atoms with Gasteiger partial charge in [0.25, 0.3) is 5.91 Å². The third-order valence-electron chi connectivity index (χ3n) is 5.58. The molecule has 1 saturated heterocycles. The summed E-state index contributed by atoms with van der Waals surface area (Å²) in [5.74, 6) is -0.949. The number of halogens is 2. The number of aromatic nitrogens is 2. The second-order valence-corrected chi connectivity index (χ2v) is 8.33. The van der Waals surface area contributed by atoms with Crippen molar-refractivity contribution < 1.29 is 18.4 Å². The van der Waals surface area contributed by atoms with Crippen molar-refractivity contribution in [2.24, 2.45) is 5.92 Å². The Morgan fingerprint density at radius 1 is 1.19 bits per heavy atom.